The van der Waals surface area contributed by atoms with Crippen LogP contribution in [0.1, 0.15) is 49.1 Å². The summed E-state index contributed by atoms with van der Waals surface area (Å²) >= 11 is 0. The molecular formula is C27H33FN2O2. The van der Waals surface area contributed by atoms with Crippen LogP contribution >= 0.6 is 0 Å². The molecule has 1 saturated carbocycles. The van der Waals surface area contributed by atoms with E-state index in [1.807, 2.05) is 24.3 Å². The van der Waals surface area contributed by atoms with E-state index in [-0.39, 0.29) is 23.7 Å². The summed E-state index contributed by atoms with van der Waals surface area (Å²) in [6.07, 6.45) is 5.38. The molecule has 0 bridgehead atoms. The zero-order valence-electron chi connectivity index (χ0n) is 18.9. The molecule has 1 aliphatic carbocycles. The van der Waals surface area contributed by atoms with Gasteiger partial charge in [-0.3, -0.25) is 9.69 Å². The third kappa shape index (κ3) is 4.15. The SMILES string of the molecule is COc1cccc([C@H]2CN(C(=O)C3CCCC3)[C@@H]3CCN(Cc4ccccc4F)C[C@H]23)c1. The predicted molar refractivity (Wildman–Crippen MR) is 123 cm³/mol. The van der Waals surface area contributed by atoms with E-state index in [4.69, 9.17) is 4.74 Å². The molecule has 0 spiro atoms. The lowest BCUT2D eigenvalue weighted by Crippen LogP contribution is -2.48. The van der Waals surface area contributed by atoms with Gasteiger partial charge in [-0.05, 0) is 43.0 Å². The zero-order chi connectivity index (χ0) is 22.1. The zero-order valence-corrected chi connectivity index (χ0v) is 18.9. The number of piperidine rings is 1. The maximum absolute atomic E-state index is 14.3. The maximum atomic E-state index is 14.3. The van der Waals surface area contributed by atoms with Crippen LogP contribution < -0.4 is 4.74 Å². The number of halogens is 1. The van der Waals surface area contributed by atoms with Crippen LogP contribution in [0.15, 0.2) is 48.5 Å². The van der Waals surface area contributed by atoms with E-state index in [2.05, 4.69) is 21.9 Å². The molecule has 3 aliphatic rings. The van der Waals surface area contributed by atoms with Crippen molar-refractivity contribution in [2.24, 2.45) is 11.8 Å². The van der Waals surface area contributed by atoms with Crippen LogP contribution in [-0.2, 0) is 11.3 Å². The Hall–Kier alpha value is -2.40. The minimum Gasteiger partial charge on any atom is -0.497 e. The number of fused-ring (bicyclic) bond motifs is 1. The third-order valence-corrected chi connectivity index (χ3v) is 7.88. The highest BCUT2D eigenvalue weighted by Gasteiger charge is 2.48. The summed E-state index contributed by atoms with van der Waals surface area (Å²) in [5.74, 6) is 1.93. The van der Waals surface area contributed by atoms with Crippen molar-refractivity contribution < 1.29 is 13.9 Å². The van der Waals surface area contributed by atoms with Crippen LogP contribution in [0.5, 0.6) is 5.75 Å². The lowest BCUT2D eigenvalue weighted by atomic mass is 9.81. The van der Waals surface area contributed by atoms with Crippen molar-refractivity contribution in [1.82, 2.24) is 9.80 Å². The lowest BCUT2D eigenvalue weighted by Gasteiger charge is -2.39. The topological polar surface area (TPSA) is 32.8 Å². The molecular weight excluding hydrogens is 403 g/mol. The molecule has 5 heteroatoms. The summed E-state index contributed by atoms with van der Waals surface area (Å²) in [4.78, 5) is 18.0. The number of nitrogens with zero attached hydrogens (tertiary/aromatic N) is 2. The first-order chi connectivity index (χ1) is 15.6. The number of likely N-dealkylation sites (tertiary alicyclic amines) is 2. The molecule has 2 heterocycles. The molecule has 4 nitrogen and oxygen atoms in total. The minimum absolute atomic E-state index is 0.136. The Kier molecular flexibility index (Phi) is 6.18. The third-order valence-electron chi connectivity index (χ3n) is 7.88. The largest absolute Gasteiger partial charge is 0.497 e. The standard InChI is InChI=1S/C27H33FN2O2/c1-32-22-11-6-10-20(15-22)23-18-30(27(31)19-7-2-3-8-19)26-13-14-29(17-24(23)26)16-21-9-4-5-12-25(21)28/h4-6,9-12,15,19,23-24,26H,2-3,7-8,13-14,16-18H2,1H3/t23-,24-,26-/m1/s1. The van der Waals surface area contributed by atoms with E-state index in [0.717, 1.165) is 50.2 Å². The molecule has 2 aromatic rings. The molecule has 0 radical (unpaired) electrons. The highest BCUT2D eigenvalue weighted by atomic mass is 19.1. The summed E-state index contributed by atoms with van der Waals surface area (Å²) in [6.45, 7) is 3.19. The highest BCUT2D eigenvalue weighted by Crippen LogP contribution is 2.44. The van der Waals surface area contributed by atoms with Crippen LogP contribution in [0.4, 0.5) is 4.39 Å². The smallest absolute Gasteiger partial charge is 0.225 e. The fraction of sp³-hybridized carbons (Fsp3) is 0.519. The van der Waals surface area contributed by atoms with Gasteiger partial charge >= 0.3 is 0 Å². The van der Waals surface area contributed by atoms with Gasteiger partial charge in [0.2, 0.25) is 5.91 Å². The number of ether oxygens (including phenoxy) is 1. The van der Waals surface area contributed by atoms with Crippen molar-refractivity contribution in [3.8, 4) is 5.75 Å². The summed E-state index contributed by atoms with van der Waals surface area (Å²) in [5.41, 5.74) is 1.99. The molecule has 5 rings (SSSR count). The average molecular weight is 437 g/mol. The van der Waals surface area contributed by atoms with Gasteiger partial charge < -0.3 is 9.64 Å². The van der Waals surface area contributed by atoms with Crippen molar-refractivity contribution >= 4 is 5.91 Å². The van der Waals surface area contributed by atoms with E-state index in [0.29, 0.717) is 18.4 Å². The van der Waals surface area contributed by atoms with Gasteiger partial charge in [0.1, 0.15) is 11.6 Å². The molecule has 2 saturated heterocycles. The van der Waals surface area contributed by atoms with Crippen LogP contribution in [0.3, 0.4) is 0 Å². The molecule has 0 aromatic heterocycles. The molecule has 1 amide bonds. The van der Waals surface area contributed by atoms with Crippen molar-refractivity contribution in [3.05, 3.63) is 65.5 Å². The first-order valence-corrected chi connectivity index (χ1v) is 12.0. The summed E-state index contributed by atoms with van der Waals surface area (Å²) in [6, 6.07) is 15.7. The van der Waals surface area contributed by atoms with Crippen molar-refractivity contribution in [2.45, 2.75) is 50.6 Å². The molecule has 0 unspecified atom stereocenters. The Morgan fingerprint density at radius 2 is 1.88 bits per heavy atom. The van der Waals surface area contributed by atoms with E-state index >= 15 is 0 Å². The fourth-order valence-corrected chi connectivity index (χ4v) is 6.20. The Morgan fingerprint density at radius 3 is 2.66 bits per heavy atom. The second kappa shape index (κ2) is 9.22. The van der Waals surface area contributed by atoms with E-state index in [1.54, 1.807) is 19.2 Å². The number of hydrogen-bond donors (Lipinski definition) is 0. The second-order valence-corrected chi connectivity index (χ2v) is 9.70. The Balaban J connectivity index is 1.40. The van der Waals surface area contributed by atoms with Crippen LogP contribution in [-0.4, -0.2) is 48.5 Å². The van der Waals surface area contributed by atoms with Crippen molar-refractivity contribution in [3.63, 3.8) is 0 Å². The second-order valence-electron chi connectivity index (χ2n) is 9.70. The normalized spacial score (nSPS) is 26.3. The van der Waals surface area contributed by atoms with Gasteiger partial charge in [-0.1, -0.05) is 43.2 Å². The molecule has 0 N–H and O–H groups in total. The van der Waals surface area contributed by atoms with Gasteiger partial charge in [0.05, 0.1) is 7.11 Å². The van der Waals surface area contributed by atoms with Crippen molar-refractivity contribution in [2.75, 3.05) is 26.7 Å². The van der Waals surface area contributed by atoms with Gasteiger partial charge in [-0.15, -0.1) is 0 Å². The van der Waals surface area contributed by atoms with Gasteiger partial charge in [-0.25, -0.2) is 4.39 Å². The fourth-order valence-electron chi connectivity index (χ4n) is 6.20. The number of carbonyl (C=O) groups excluding carboxylic acids is 1. The molecule has 3 atom stereocenters. The Morgan fingerprint density at radius 1 is 1.06 bits per heavy atom. The monoisotopic (exact) mass is 436 g/mol. The number of amides is 1. The predicted octanol–water partition coefficient (Wildman–Crippen LogP) is 4.84. The summed E-state index contributed by atoms with van der Waals surface area (Å²) < 4.78 is 19.8. The van der Waals surface area contributed by atoms with E-state index in [9.17, 15) is 9.18 Å². The molecule has 3 fully saturated rings. The number of methoxy groups -OCH3 is 1. The Bertz CT molecular complexity index is 958. The van der Waals surface area contributed by atoms with Crippen LogP contribution in [0, 0.1) is 17.7 Å². The van der Waals surface area contributed by atoms with Crippen molar-refractivity contribution in [1.29, 1.82) is 0 Å². The molecule has 170 valence electrons. The minimum atomic E-state index is -0.136. The first-order valence-electron chi connectivity index (χ1n) is 12.0. The number of benzene rings is 2. The number of carbonyl (C=O) groups is 1. The van der Waals surface area contributed by atoms with E-state index < -0.39 is 0 Å². The number of rotatable bonds is 5. The maximum Gasteiger partial charge on any atom is 0.225 e. The molecule has 2 aromatic carbocycles. The van der Waals surface area contributed by atoms with Gasteiger partial charge in [0, 0.05) is 55.5 Å². The van der Waals surface area contributed by atoms with Gasteiger partial charge in [0.25, 0.3) is 0 Å². The highest BCUT2D eigenvalue weighted by molar-refractivity contribution is 5.80. The van der Waals surface area contributed by atoms with E-state index in [1.165, 1.54) is 18.4 Å². The lowest BCUT2D eigenvalue weighted by molar-refractivity contribution is -0.137. The summed E-state index contributed by atoms with van der Waals surface area (Å²) in [7, 11) is 1.70. The van der Waals surface area contributed by atoms with Crippen LogP contribution in [0.25, 0.3) is 0 Å². The average Bonchev–Trinajstić information content (AvgIpc) is 3.49. The Labute approximate surface area is 190 Å². The quantitative estimate of drug-likeness (QED) is 0.672. The van der Waals surface area contributed by atoms with Crippen LogP contribution in [0.2, 0.25) is 0 Å². The van der Waals surface area contributed by atoms with Gasteiger partial charge in [-0.2, -0.15) is 0 Å². The first kappa shape index (κ1) is 21.4. The molecule has 32 heavy (non-hydrogen) atoms. The molecule has 2 aliphatic heterocycles. The van der Waals surface area contributed by atoms with Gasteiger partial charge in [0.15, 0.2) is 0 Å². The summed E-state index contributed by atoms with van der Waals surface area (Å²) in [5, 5.41) is 0. The number of hydrogen-bond acceptors (Lipinski definition) is 3.